The van der Waals surface area contributed by atoms with E-state index in [2.05, 4.69) is 0 Å². The zero-order valence-corrected chi connectivity index (χ0v) is 12.3. The highest BCUT2D eigenvalue weighted by Crippen LogP contribution is 2.26. The number of nitrogens with zero attached hydrogens (tertiary/aromatic N) is 1. The molecule has 0 fully saturated rings. The fourth-order valence-corrected chi connectivity index (χ4v) is 3.09. The Hall–Kier alpha value is -1.01. The van der Waals surface area contributed by atoms with Gasteiger partial charge in [-0.1, -0.05) is 23.2 Å². The molecule has 7 heteroatoms. The van der Waals surface area contributed by atoms with Crippen LogP contribution in [-0.4, -0.2) is 19.8 Å². The van der Waals surface area contributed by atoms with Crippen LogP contribution < -0.4 is 0 Å². The summed E-state index contributed by atoms with van der Waals surface area (Å²) in [6.45, 7) is 0.221. The van der Waals surface area contributed by atoms with Crippen LogP contribution >= 0.6 is 23.2 Å². The van der Waals surface area contributed by atoms with Crippen molar-refractivity contribution in [3.63, 3.8) is 0 Å². The van der Waals surface area contributed by atoms with Gasteiger partial charge in [0.05, 0.1) is 27.5 Å². The van der Waals surface area contributed by atoms with Gasteiger partial charge in [-0.25, -0.2) is 8.42 Å². The number of rotatable bonds is 4. The van der Waals surface area contributed by atoms with Crippen LogP contribution in [0.4, 0.5) is 0 Å². The molecule has 0 N–H and O–H groups in total. The molecule has 1 heterocycles. The van der Waals surface area contributed by atoms with Gasteiger partial charge >= 0.3 is 0 Å². The zero-order chi connectivity index (χ0) is 14.0. The highest BCUT2D eigenvalue weighted by atomic mass is 35.5. The lowest BCUT2D eigenvalue weighted by Crippen LogP contribution is -2.26. The lowest BCUT2D eigenvalue weighted by atomic mass is 10.3. The first-order valence-corrected chi connectivity index (χ1v) is 7.53. The van der Waals surface area contributed by atoms with Crippen molar-refractivity contribution in [1.82, 2.24) is 4.31 Å². The van der Waals surface area contributed by atoms with Gasteiger partial charge in [0, 0.05) is 19.2 Å². The van der Waals surface area contributed by atoms with Crippen LogP contribution in [0.2, 0.25) is 10.0 Å². The minimum atomic E-state index is -3.61. The van der Waals surface area contributed by atoms with E-state index >= 15 is 0 Å². The maximum absolute atomic E-state index is 12.3. The van der Waals surface area contributed by atoms with Crippen molar-refractivity contribution in [2.75, 3.05) is 7.05 Å². The van der Waals surface area contributed by atoms with Crippen LogP contribution in [0.15, 0.2) is 46.1 Å². The van der Waals surface area contributed by atoms with Crippen LogP contribution in [-0.2, 0) is 16.6 Å². The Kier molecular flexibility index (Phi) is 4.20. The van der Waals surface area contributed by atoms with E-state index in [9.17, 15) is 8.42 Å². The van der Waals surface area contributed by atoms with Crippen LogP contribution in [0, 0.1) is 0 Å². The monoisotopic (exact) mass is 319 g/mol. The quantitative estimate of drug-likeness (QED) is 0.867. The maximum Gasteiger partial charge on any atom is 0.243 e. The van der Waals surface area contributed by atoms with E-state index in [0.717, 1.165) is 5.56 Å². The normalized spacial score (nSPS) is 12.0. The molecule has 2 rings (SSSR count). The van der Waals surface area contributed by atoms with Gasteiger partial charge in [0.2, 0.25) is 10.0 Å². The van der Waals surface area contributed by atoms with Crippen molar-refractivity contribution < 1.29 is 12.8 Å². The molecular formula is C12H11Cl2NO3S. The molecule has 0 unspecified atom stereocenters. The molecule has 0 bridgehead atoms. The summed E-state index contributed by atoms with van der Waals surface area (Å²) in [7, 11) is -2.11. The molecule has 102 valence electrons. The standard InChI is InChI=1S/C12H11Cl2NO3S/c1-15(7-9-4-5-18-8-9)19(16,17)10-2-3-11(13)12(14)6-10/h2-6,8H,7H2,1H3. The van der Waals surface area contributed by atoms with E-state index in [0.29, 0.717) is 5.02 Å². The summed E-state index contributed by atoms with van der Waals surface area (Å²) in [4.78, 5) is 0.105. The van der Waals surface area contributed by atoms with E-state index < -0.39 is 10.0 Å². The average Bonchev–Trinajstić information content (AvgIpc) is 2.85. The molecule has 19 heavy (non-hydrogen) atoms. The SMILES string of the molecule is CN(Cc1ccoc1)S(=O)(=O)c1ccc(Cl)c(Cl)c1. The van der Waals surface area contributed by atoms with Crippen molar-refractivity contribution in [3.8, 4) is 0 Å². The Morgan fingerprint density at radius 2 is 1.95 bits per heavy atom. The Morgan fingerprint density at radius 3 is 2.53 bits per heavy atom. The van der Waals surface area contributed by atoms with E-state index in [-0.39, 0.29) is 16.5 Å². The van der Waals surface area contributed by atoms with Gasteiger partial charge in [0.1, 0.15) is 0 Å². The van der Waals surface area contributed by atoms with E-state index in [1.54, 1.807) is 6.07 Å². The molecule has 0 aliphatic rings. The third-order valence-electron chi connectivity index (χ3n) is 2.58. The Morgan fingerprint density at radius 1 is 1.21 bits per heavy atom. The van der Waals surface area contributed by atoms with Gasteiger partial charge in [0.15, 0.2) is 0 Å². The molecule has 4 nitrogen and oxygen atoms in total. The number of hydrogen-bond donors (Lipinski definition) is 0. The molecule has 0 radical (unpaired) electrons. The number of halogens is 2. The smallest absolute Gasteiger partial charge is 0.243 e. The number of furan rings is 1. The summed E-state index contributed by atoms with van der Waals surface area (Å²) in [5.74, 6) is 0. The summed E-state index contributed by atoms with van der Waals surface area (Å²) in [5.41, 5.74) is 0.770. The topological polar surface area (TPSA) is 50.5 Å². The molecule has 0 atom stereocenters. The molecule has 0 saturated heterocycles. The first-order valence-electron chi connectivity index (χ1n) is 5.34. The van der Waals surface area contributed by atoms with Gasteiger partial charge in [-0.2, -0.15) is 4.31 Å². The highest BCUT2D eigenvalue weighted by Gasteiger charge is 2.22. The van der Waals surface area contributed by atoms with Gasteiger partial charge in [0.25, 0.3) is 0 Å². The second kappa shape index (κ2) is 5.54. The largest absolute Gasteiger partial charge is 0.472 e. The van der Waals surface area contributed by atoms with Crippen molar-refractivity contribution in [3.05, 3.63) is 52.4 Å². The molecule has 2 aromatic rings. The van der Waals surface area contributed by atoms with E-state index in [1.165, 1.54) is 42.1 Å². The number of benzene rings is 1. The Balaban J connectivity index is 2.28. The first kappa shape index (κ1) is 14.4. The van der Waals surface area contributed by atoms with E-state index in [1.807, 2.05) is 0 Å². The minimum Gasteiger partial charge on any atom is -0.472 e. The van der Waals surface area contributed by atoms with Crippen LogP contribution in [0.5, 0.6) is 0 Å². The second-order valence-electron chi connectivity index (χ2n) is 3.97. The second-order valence-corrected chi connectivity index (χ2v) is 6.83. The highest BCUT2D eigenvalue weighted by molar-refractivity contribution is 7.89. The fraction of sp³-hybridized carbons (Fsp3) is 0.167. The molecule has 0 aliphatic heterocycles. The van der Waals surface area contributed by atoms with Crippen molar-refractivity contribution in [2.24, 2.45) is 0 Å². The van der Waals surface area contributed by atoms with Crippen LogP contribution in [0.3, 0.4) is 0 Å². The maximum atomic E-state index is 12.3. The summed E-state index contributed by atoms with van der Waals surface area (Å²) in [6, 6.07) is 5.93. The molecule has 1 aromatic heterocycles. The van der Waals surface area contributed by atoms with Crippen LogP contribution in [0.1, 0.15) is 5.56 Å². The first-order chi connectivity index (χ1) is 8.91. The molecular weight excluding hydrogens is 309 g/mol. The fourth-order valence-electron chi connectivity index (χ4n) is 1.54. The molecule has 0 amide bonds. The predicted molar refractivity (Wildman–Crippen MR) is 73.8 cm³/mol. The Bertz CT molecular complexity index is 668. The van der Waals surface area contributed by atoms with Gasteiger partial charge in [-0.15, -0.1) is 0 Å². The summed E-state index contributed by atoms with van der Waals surface area (Å²) < 4.78 is 30.8. The van der Waals surface area contributed by atoms with Crippen LogP contribution in [0.25, 0.3) is 0 Å². The third-order valence-corrected chi connectivity index (χ3v) is 5.12. The van der Waals surface area contributed by atoms with Gasteiger partial charge in [-0.05, 0) is 24.3 Å². The lowest BCUT2D eigenvalue weighted by Gasteiger charge is -2.16. The van der Waals surface area contributed by atoms with E-state index in [4.69, 9.17) is 27.6 Å². The minimum absolute atomic E-state index is 0.105. The number of sulfonamides is 1. The molecule has 0 spiro atoms. The van der Waals surface area contributed by atoms with Gasteiger partial charge in [-0.3, -0.25) is 0 Å². The molecule has 0 aliphatic carbocycles. The zero-order valence-electron chi connectivity index (χ0n) is 10.0. The van der Waals surface area contributed by atoms with Gasteiger partial charge < -0.3 is 4.42 Å². The average molecular weight is 320 g/mol. The van der Waals surface area contributed by atoms with Crippen molar-refractivity contribution in [2.45, 2.75) is 11.4 Å². The summed E-state index contributed by atoms with van der Waals surface area (Å²) in [5, 5.41) is 0.526. The Labute approximate surface area is 121 Å². The number of hydrogen-bond acceptors (Lipinski definition) is 3. The summed E-state index contributed by atoms with van der Waals surface area (Å²) >= 11 is 11.6. The predicted octanol–water partition coefficient (Wildman–Crippen LogP) is 3.41. The summed E-state index contributed by atoms with van der Waals surface area (Å²) in [6.07, 6.45) is 3.00. The van der Waals surface area contributed by atoms with Crippen molar-refractivity contribution >= 4 is 33.2 Å². The molecule has 1 aromatic carbocycles. The molecule has 0 saturated carbocycles. The van der Waals surface area contributed by atoms with Crippen molar-refractivity contribution in [1.29, 1.82) is 0 Å². The lowest BCUT2D eigenvalue weighted by molar-refractivity contribution is 0.463. The third kappa shape index (κ3) is 3.12.